The molecule has 1 heterocycles. The number of anilines is 2. The first kappa shape index (κ1) is 25.0. The van der Waals surface area contributed by atoms with Crippen LogP contribution in [0.5, 0.6) is 5.75 Å². The highest BCUT2D eigenvalue weighted by Crippen LogP contribution is 2.32. The molecule has 4 rings (SSSR count). The van der Waals surface area contributed by atoms with Gasteiger partial charge < -0.3 is 10.1 Å². The first-order valence-electron chi connectivity index (χ1n) is 11.5. The van der Waals surface area contributed by atoms with Crippen LogP contribution in [-0.4, -0.2) is 13.4 Å². The molecule has 0 aliphatic rings. The molecular formula is C29H27N3O3S. The van der Waals surface area contributed by atoms with Crippen molar-refractivity contribution in [3.63, 3.8) is 0 Å². The van der Waals surface area contributed by atoms with E-state index in [1.54, 1.807) is 36.4 Å². The number of aryl methyl sites for hydroxylation is 4. The van der Waals surface area contributed by atoms with Crippen LogP contribution in [0.4, 0.5) is 11.5 Å². The highest BCUT2D eigenvalue weighted by atomic mass is 32.2. The van der Waals surface area contributed by atoms with Crippen LogP contribution in [0.1, 0.15) is 33.5 Å². The molecule has 7 heteroatoms. The van der Waals surface area contributed by atoms with Gasteiger partial charge >= 0.3 is 0 Å². The zero-order chi connectivity index (χ0) is 25.9. The first-order chi connectivity index (χ1) is 17.2. The van der Waals surface area contributed by atoms with E-state index in [1.165, 1.54) is 12.1 Å². The van der Waals surface area contributed by atoms with Gasteiger partial charge in [0.15, 0.2) is 0 Å². The van der Waals surface area contributed by atoms with Gasteiger partial charge in [-0.3, -0.25) is 0 Å². The van der Waals surface area contributed by atoms with Crippen molar-refractivity contribution in [1.82, 2.24) is 4.98 Å². The Morgan fingerprint density at radius 2 is 1.53 bits per heavy atom. The Hall–Kier alpha value is -4.15. The number of ether oxygens (including phenoxy) is 1. The van der Waals surface area contributed by atoms with Crippen molar-refractivity contribution in [3.05, 3.63) is 106 Å². The second-order valence-corrected chi connectivity index (χ2v) is 10.7. The molecule has 0 saturated heterocycles. The number of aromatic nitrogens is 1. The Bertz CT molecular complexity index is 1530. The zero-order valence-electron chi connectivity index (χ0n) is 20.7. The summed E-state index contributed by atoms with van der Waals surface area (Å²) in [5, 5.41) is 12.2. The summed E-state index contributed by atoms with van der Waals surface area (Å²) in [6.45, 7) is 8.15. The fourth-order valence-corrected chi connectivity index (χ4v) is 5.38. The molecule has 0 fully saturated rings. The summed E-state index contributed by atoms with van der Waals surface area (Å²) in [6, 6.07) is 22.9. The topological polar surface area (TPSA) is 92.1 Å². The van der Waals surface area contributed by atoms with Gasteiger partial charge in [0.05, 0.1) is 16.5 Å². The SMILES string of the molecule is Cc1cc(C)c(Nc2nc(C)ccc2S(=O)(=O)c2ccc(OCc3ccc(C#N)cc3)cc2)c(C)c1. The zero-order valence-corrected chi connectivity index (χ0v) is 21.5. The van der Waals surface area contributed by atoms with E-state index in [1.807, 2.05) is 39.8 Å². The molecule has 4 aromatic rings. The van der Waals surface area contributed by atoms with Gasteiger partial charge in [-0.05, 0) is 92.9 Å². The number of benzene rings is 3. The molecule has 0 bridgehead atoms. The molecule has 0 unspecified atom stereocenters. The van der Waals surface area contributed by atoms with Crippen molar-refractivity contribution < 1.29 is 13.2 Å². The van der Waals surface area contributed by atoms with Crippen molar-refractivity contribution in [1.29, 1.82) is 5.26 Å². The van der Waals surface area contributed by atoms with Gasteiger partial charge in [0.1, 0.15) is 23.1 Å². The lowest BCUT2D eigenvalue weighted by atomic mass is 10.1. The number of sulfone groups is 1. The van der Waals surface area contributed by atoms with Crippen molar-refractivity contribution in [2.24, 2.45) is 0 Å². The maximum absolute atomic E-state index is 13.6. The molecule has 0 saturated carbocycles. The molecule has 0 amide bonds. The van der Waals surface area contributed by atoms with E-state index in [2.05, 4.69) is 28.5 Å². The van der Waals surface area contributed by atoms with Crippen LogP contribution in [0.2, 0.25) is 0 Å². The largest absolute Gasteiger partial charge is 0.489 e. The number of hydrogen-bond donors (Lipinski definition) is 1. The average Bonchev–Trinajstić information content (AvgIpc) is 2.85. The first-order valence-corrected chi connectivity index (χ1v) is 13.0. The molecule has 0 radical (unpaired) electrons. The summed E-state index contributed by atoms with van der Waals surface area (Å²) in [7, 11) is -3.84. The van der Waals surface area contributed by atoms with Crippen molar-refractivity contribution >= 4 is 21.3 Å². The monoisotopic (exact) mass is 497 g/mol. The molecule has 0 atom stereocenters. The van der Waals surface area contributed by atoms with Gasteiger partial charge in [0.2, 0.25) is 9.84 Å². The number of hydrogen-bond acceptors (Lipinski definition) is 6. The van der Waals surface area contributed by atoms with Gasteiger partial charge in [0, 0.05) is 11.4 Å². The molecule has 182 valence electrons. The molecule has 3 aromatic carbocycles. The van der Waals surface area contributed by atoms with Crippen LogP contribution in [0, 0.1) is 39.0 Å². The molecular weight excluding hydrogens is 470 g/mol. The van der Waals surface area contributed by atoms with Crippen molar-refractivity contribution in [2.75, 3.05) is 5.32 Å². The molecule has 0 spiro atoms. The molecule has 0 aliphatic heterocycles. The molecule has 0 aliphatic carbocycles. The number of rotatable bonds is 7. The van der Waals surface area contributed by atoms with Crippen molar-refractivity contribution in [2.45, 2.75) is 44.1 Å². The van der Waals surface area contributed by atoms with E-state index in [-0.39, 0.29) is 9.79 Å². The van der Waals surface area contributed by atoms with Gasteiger partial charge in [-0.2, -0.15) is 5.26 Å². The Labute approximate surface area is 212 Å². The second kappa shape index (κ2) is 10.2. The van der Waals surface area contributed by atoms with Crippen LogP contribution in [-0.2, 0) is 16.4 Å². The Morgan fingerprint density at radius 3 is 2.14 bits per heavy atom. The molecule has 6 nitrogen and oxygen atoms in total. The predicted octanol–water partition coefficient (Wildman–Crippen LogP) is 6.34. The summed E-state index contributed by atoms with van der Waals surface area (Å²) in [4.78, 5) is 4.78. The van der Waals surface area contributed by atoms with E-state index in [0.29, 0.717) is 29.4 Å². The van der Waals surface area contributed by atoms with E-state index in [0.717, 1.165) is 27.9 Å². The van der Waals surface area contributed by atoms with Crippen LogP contribution in [0.15, 0.2) is 82.6 Å². The smallest absolute Gasteiger partial charge is 0.210 e. The van der Waals surface area contributed by atoms with E-state index < -0.39 is 9.84 Å². The fraction of sp³-hybridized carbons (Fsp3) is 0.172. The van der Waals surface area contributed by atoms with Crippen LogP contribution in [0.25, 0.3) is 0 Å². The second-order valence-electron chi connectivity index (χ2n) is 8.77. The van der Waals surface area contributed by atoms with Crippen molar-refractivity contribution in [3.8, 4) is 11.8 Å². The van der Waals surface area contributed by atoms with Gasteiger partial charge in [0.25, 0.3) is 0 Å². The van der Waals surface area contributed by atoms with Gasteiger partial charge in [-0.25, -0.2) is 13.4 Å². The van der Waals surface area contributed by atoms with Crippen LogP contribution in [0.3, 0.4) is 0 Å². The van der Waals surface area contributed by atoms with Crippen LogP contribution >= 0.6 is 0 Å². The number of pyridine rings is 1. The van der Waals surface area contributed by atoms with Gasteiger partial charge in [-0.1, -0.05) is 29.8 Å². The van der Waals surface area contributed by atoms with Gasteiger partial charge in [-0.15, -0.1) is 0 Å². The standard InChI is InChI=1S/C29H27N3O3S/c1-19-15-20(2)28(21(3)16-19)32-29-27(14-5-22(4)31-29)36(33,34)26-12-10-25(11-13-26)35-18-24-8-6-23(17-30)7-9-24/h5-16H,18H2,1-4H3,(H,31,32). The maximum atomic E-state index is 13.6. The highest BCUT2D eigenvalue weighted by Gasteiger charge is 2.23. The Morgan fingerprint density at radius 1 is 0.889 bits per heavy atom. The minimum Gasteiger partial charge on any atom is -0.489 e. The number of nitrogens with one attached hydrogen (secondary N) is 1. The summed E-state index contributed by atoms with van der Waals surface area (Å²) >= 11 is 0. The lowest BCUT2D eigenvalue weighted by Gasteiger charge is -2.17. The van der Waals surface area contributed by atoms with E-state index in [9.17, 15) is 8.42 Å². The third-order valence-electron chi connectivity index (χ3n) is 5.83. The van der Waals surface area contributed by atoms with E-state index in [4.69, 9.17) is 10.00 Å². The predicted molar refractivity (Wildman–Crippen MR) is 140 cm³/mol. The molecule has 1 N–H and O–H groups in total. The summed E-state index contributed by atoms with van der Waals surface area (Å²) in [6.07, 6.45) is 0. The third-order valence-corrected chi connectivity index (χ3v) is 7.63. The number of nitrogens with zero attached hydrogens (tertiary/aromatic N) is 2. The minimum atomic E-state index is -3.84. The summed E-state index contributed by atoms with van der Waals surface area (Å²) in [5.74, 6) is 0.843. The number of nitriles is 1. The molecule has 1 aromatic heterocycles. The fourth-order valence-electron chi connectivity index (χ4n) is 4.03. The third kappa shape index (κ3) is 5.40. The van der Waals surface area contributed by atoms with E-state index >= 15 is 0 Å². The van der Waals surface area contributed by atoms with Crippen LogP contribution < -0.4 is 10.1 Å². The quantitative estimate of drug-likeness (QED) is 0.320. The lowest BCUT2D eigenvalue weighted by molar-refractivity contribution is 0.306. The highest BCUT2D eigenvalue weighted by molar-refractivity contribution is 7.91. The maximum Gasteiger partial charge on any atom is 0.210 e. The lowest BCUT2D eigenvalue weighted by Crippen LogP contribution is -2.09. The summed E-state index contributed by atoms with van der Waals surface area (Å²) in [5.41, 5.74) is 6.23. The Balaban J connectivity index is 1.59. The molecule has 36 heavy (non-hydrogen) atoms. The normalized spacial score (nSPS) is 11.1. The summed E-state index contributed by atoms with van der Waals surface area (Å²) < 4.78 is 33.0. The minimum absolute atomic E-state index is 0.110. The average molecular weight is 498 g/mol. The Kier molecular flexibility index (Phi) is 7.09.